The van der Waals surface area contributed by atoms with Gasteiger partial charge in [0.05, 0.1) is 11.2 Å². The van der Waals surface area contributed by atoms with Crippen LogP contribution in [0.2, 0.25) is 0 Å². The standard InChI is InChI=1S/C17H23N5O3S2/c1-21(2)27(24,25)20-12-3-4-13-14(9-12)19-26-16(13)17(23)18-15-10-22-7-5-11(15)6-8-22/h3-4,9,11,15,20H,5-8,10H2,1-2H3,(H,18,23)/t15-/m1/s1. The van der Waals surface area contributed by atoms with Crippen LogP contribution in [0.4, 0.5) is 5.69 Å². The number of amides is 1. The summed E-state index contributed by atoms with van der Waals surface area (Å²) < 4.78 is 31.9. The van der Waals surface area contributed by atoms with Crippen molar-refractivity contribution in [2.45, 2.75) is 18.9 Å². The van der Waals surface area contributed by atoms with Crippen LogP contribution in [0.25, 0.3) is 10.9 Å². The Balaban J connectivity index is 1.52. The molecule has 1 atom stereocenters. The SMILES string of the molecule is CN(C)S(=O)(=O)Nc1ccc2c(C(=O)N[C@@H]3CN4CCC3CC4)snc2c1. The van der Waals surface area contributed by atoms with Crippen LogP contribution in [0.15, 0.2) is 18.2 Å². The van der Waals surface area contributed by atoms with Crippen LogP contribution < -0.4 is 10.0 Å². The van der Waals surface area contributed by atoms with E-state index in [1.807, 2.05) is 0 Å². The van der Waals surface area contributed by atoms with Gasteiger partial charge in [-0.25, -0.2) is 0 Å². The van der Waals surface area contributed by atoms with Crippen LogP contribution >= 0.6 is 11.5 Å². The molecule has 2 bridgehead atoms. The van der Waals surface area contributed by atoms with Gasteiger partial charge in [0.15, 0.2) is 0 Å². The summed E-state index contributed by atoms with van der Waals surface area (Å²) in [7, 11) is -0.661. The Morgan fingerprint density at radius 2 is 2.04 bits per heavy atom. The van der Waals surface area contributed by atoms with Gasteiger partial charge in [-0.3, -0.25) is 9.52 Å². The zero-order chi connectivity index (χ0) is 19.2. The van der Waals surface area contributed by atoms with Gasteiger partial charge < -0.3 is 10.2 Å². The van der Waals surface area contributed by atoms with E-state index in [2.05, 4.69) is 19.3 Å². The fraction of sp³-hybridized carbons (Fsp3) is 0.529. The number of nitrogens with zero attached hydrogens (tertiary/aromatic N) is 3. The van der Waals surface area contributed by atoms with E-state index in [0.717, 1.165) is 53.7 Å². The predicted molar refractivity (Wildman–Crippen MR) is 106 cm³/mol. The van der Waals surface area contributed by atoms with Crippen molar-refractivity contribution < 1.29 is 13.2 Å². The van der Waals surface area contributed by atoms with Gasteiger partial charge in [-0.1, -0.05) is 0 Å². The monoisotopic (exact) mass is 409 g/mol. The second kappa shape index (κ2) is 7.01. The van der Waals surface area contributed by atoms with E-state index >= 15 is 0 Å². The fourth-order valence-electron chi connectivity index (χ4n) is 3.77. The molecule has 3 aliphatic rings. The molecule has 27 heavy (non-hydrogen) atoms. The second-order valence-electron chi connectivity index (χ2n) is 7.35. The molecule has 146 valence electrons. The van der Waals surface area contributed by atoms with Crippen molar-refractivity contribution in [3.63, 3.8) is 0 Å². The van der Waals surface area contributed by atoms with Gasteiger partial charge in [0.2, 0.25) is 0 Å². The van der Waals surface area contributed by atoms with Crippen LogP contribution in [0, 0.1) is 5.92 Å². The average molecular weight is 410 g/mol. The van der Waals surface area contributed by atoms with Gasteiger partial charge in [0.1, 0.15) is 4.88 Å². The van der Waals surface area contributed by atoms with Gasteiger partial charge in [0.25, 0.3) is 5.91 Å². The van der Waals surface area contributed by atoms with Crippen molar-refractivity contribution in [1.82, 2.24) is 18.9 Å². The van der Waals surface area contributed by atoms with Crippen LogP contribution in [0.1, 0.15) is 22.5 Å². The van der Waals surface area contributed by atoms with E-state index in [1.54, 1.807) is 18.2 Å². The lowest BCUT2D eigenvalue weighted by atomic mass is 9.84. The van der Waals surface area contributed by atoms with E-state index in [4.69, 9.17) is 0 Å². The van der Waals surface area contributed by atoms with Crippen LogP contribution in [0.3, 0.4) is 0 Å². The molecular formula is C17H23N5O3S2. The van der Waals surface area contributed by atoms with Gasteiger partial charge >= 0.3 is 10.2 Å². The van der Waals surface area contributed by atoms with Crippen LogP contribution in [-0.2, 0) is 10.2 Å². The smallest absolute Gasteiger partial charge is 0.301 e. The third-order valence-corrected chi connectivity index (χ3v) is 7.72. The van der Waals surface area contributed by atoms with E-state index in [1.165, 1.54) is 14.1 Å². The summed E-state index contributed by atoms with van der Waals surface area (Å²) in [4.78, 5) is 15.8. The first-order valence-corrected chi connectivity index (χ1v) is 11.2. The number of carbonyl (C=O) groups excluding carboxylic acids is 1. The molecule has 0 unspecified atom stereocenters. The molecule has 1 amide bonds. The highest BCUT2D eigenvalue weighted by Gasteiger charge is 2.35. The van der Waals surface area contributed by atoms with Crippen molar-refractivity contribution in [3.8, 4) is 0 Å². The highest BCUT2D eigenvalue weighted by atomic mass is 32.2. The number of benzene rings is 1. The summed E-state index contributed by atoms with van der Waals surface area (Å²) in [5.74, 6) is 0.466. The van der Waals surface area contributed by atoms with E-state index < -0.39 is 10.2 Å². The zero-order valence-corrected chi connectivity index (χ0v) is 16.9. The van der Waals surface area contributed by atoms with Crippen molar-refractivity contribution in [2.24, 2.45) is 5.92 Å². The molecule has 10 heteroatoms. The Kier molecular flexibility index (Phi) is 4.83. The molecule has 8 nitrogen and oxygen atoms in total. The summed E-state index contributed by atoms with van der Waals surface area (Å²) in [6, 6.07) is 5.25. The highest BCUT2D eigenvalue weighted by molar-refractivity contribution is 7.90. The van der Waals surface area contributed by atoms with Gasteiger partial charge in [-0.15, -0.1) is 0 Å². The molecule has 1 aromatic carbocycles. The summed E-state index contributed by atoms with van der Waals surface area (Å²) in [5, 5.41) is 3.93. The molecule has 3 fully saturated rings. The Morgan fingerprint density at radius 1 is 1.30 bits per heavy atom. The zero-order valence-electron chi connectivity index (χ0n) is 15.3. The third kappa shape index (κ3) is 3.66. The molecule has 2 aromatic rings. The first-order chi connectivity index (χ1) is 12.8. The first kappa shape index (κ1) is 18.6. The predicted octanol–water partition coefficient (Wildman–Crippen LogP) is 1.34. The number of hydrogen-bond donors (Lipinski definition) is 2. The topological polar surface area (TPSA) is 94.6 Å². The van der Waals surface area contributed by atoms with Crippen molar-refractivity contribution in [3.05, 3.63) is 23.1 Å². The lowest BCUT2D eigenvalue weighted by molar-refractivity contribution is 0.0623. The van der Waals surface area contributed by atoms with E-state index in [9.17, 15) is 13.2 Å². The molecular weight excluding hydrogens is 386 g/mol. The van der Waals surface area contributed by atoms with Crippen LogP contribution in [-0.4, -0.2) is 67.7 Å². The molecule has 3 aliphatic heterocycles. The maximum absolute atomic E-state index is 12.8. The number of carbonyl (C=O) groups is 1. The minimum Gasteiger partial charge on any atom is -0.347 e. The number of rotatable bonds is 5. The average Bonchev–Trinajstić information content (AvgIpc) is 3.05. The lowest BCUT2D eigenvalue weighted by Crippen LogP contribution is -2.57. The summed E-state index contributed by atoms with van der Waals surface area (Å²) >= 11 is 1.15. The first-order valence-electron chi connectivity index (χ1n) is 8.96. The maximum Gasteiger partial charge on any atom is 0.301 e. The third-order valence-electron chi connectivity index (χ3n) is 5.38. The Labute approximate surface area is 162 Å². The van der Waals surface area contributed by atoms with Gasteiger partial charge in [-0.2, -0.15) is 17.1 Å². The highest BCUT2D eigenvalue weighted by Crippen LogP contribution is 2.29. The Bertz CT molecular complexity index is 964. The summed E-state index contributed by atoms with van der Waals surface area (Å²) in [6.45, 7) is 3.18. The minimum atomic E-state index is -3.58. The number of anilines is 1. The van der Waals surface area contributed by atoms with Gasteiger partial charge in [-0.05, 0) is 61.6 Å². The number of fused-ring (bicyclic) bond motifs is 4. The lowest BCUT2D eigenvalue weighted by Gasteiger charge is -2.44. The quantitative estimate of drug-likeness (QED) is 0.777. The Morgan fingerprint density at radius 3 is 2.67 bits per heavy atom. The van der Waals surface area contributed by atoms with E-state index in [-0.39, 0.29) is 11.9 Å². The van der Waals surface area contributed by atoms with Crippen molar-refractivity contribution in [1.29, 1.82) is 0 Å². The molecule has 2 N–H and O–H groups in total. The normalized spacial score (nSPS) is 25.1. The number of aromatic nitrogens is 1. The molecule has 0 radical (unpaired) electrons. The largest absolute Gasteiger partial charge is 0.347 e. The molecule has 3 saturated heterocycles. The maximum atomic E-state index is 12.8. The second-order valence-corrected chi connectivity index (χ2v) is 10.0. The number of hydrogen-bond acceptors (Lipinski definition) is 6. The molecule has 0 saturated carbocycles. The Hall–Kier alpha value is -1.75. The number of nitrogens with one attached hydrogen (secondary N) is 2. The van der Waals surface area contributed by atoms with Gasteiger partial charge in [0, 0.05) is 32.1 Å². The van der Waals surface area contributed by atoms with E-state index in [0.29, 0.717) is 22.0 Å². The van der Waals surface area contributed by atoms with Crippen molar-refractivity contribution >= 4 is 44.2 Å². The fourth-order valence-corrected chi connectivity index (χ4v) is 5.13. The molecule has 1 aromatic heterocycles. The number of piperidine rings is 3. The molecule has 0 aliphatic carbocycles. The van der Waals surface area contributed by atoms with Crippen LogP contribution in [0.5, 0.6) is 0 Å². The molecule has 0 spiro atoms. The van der Waals surface area contributed by atoms with Crippen molar-refractivity contribution in [2.75, 3.05) is 38.5 Å². The molecule has 4 heterocycles. The molecule has 5 rings (SSSR count). The summed E-state index contributed by atoms with van der Waals surface area (Å²) in [5.41, 5.74) is 1.03. The minimum absolute atomic E-state index is 0.0946. The summed E-state index contributed by atoms with van der Waals surface area (Å²) in [6.07, 6.45) is 2.29.